The van der Waals surface area contributed by atoms with Crippen LogP contribution in [0, 0.1) is 6.92 Å². The molecule has 1 aromatic heterocycles. The Kier molecular flexibility index (Phi) is 4.85. The van der Waals surface area contributed by atoms with E-state index in [0.29, 0.717) is 11.4 Å². The van der Waals surface area contributed by atoms with Crippen molar-refractivity contribution in [3.8, 4) is 5.69 Å². The summed E-state index contributed by atoms with van der Waals surface area (Å²) in [5, 5.41) is 9.88. The Morgan fingerprint density at radius 2 is 1.68 bits per heavy atom. The summed E-state index contributed by atoms with van der Waals surface area (Å²) in [5.74, 6) is 0. The maximum Gasteiger partial charge on any atom is 0.297 e. The Morgan fingerprint density at radius 3 is 2.32 bits per heavy atom. The van der Waals surface area contributed by atoms with E-state index < -0.39 is 0 Å². The summed E-state index contributed by atoms with van der Waals surface area (Å²) in [6, 6.07) is 17.0. The molecule has 0 N–H and O–H groups in total. The van der Waals surface area contributed by atoms with Gasteiger partial charge in [-0.1, -0.05) is 39.4 Å². The molecule has 128 valence electrons. The van der Waals surface area contributed by atoms with Gasteiger partial charge in [0.25, 0.3) is 5.56 Å². The second kappa shape index (κ2) is 7.06. The maximum absolute atomic E-state index is 12.9. The molecule has 0 radical (unpaired) electrons. The summed E-state index contributed by atoms with van der Waals surface area (Å²) in [6.07, 6.45) is 0. The first-order chi connectivity index (χ1) is 12.0. The van der Waals surface area contributed by atoms with Crippen LogP contribution < -0.4 is 10.6 Å². The van der Waals surface area contributed by atoms with Gasteiger partial charge in [-0.3, -0.25) is 9.48 Å². The molecule has 0 aliphatic rings. The van der Waals surface area contributed by atoms with E-state index in [9.17, 15) is 4.79 Å². The lowest BCUT2D eigenvalue weighted by atomic mass is 10.3. The molecule has 0 spiro atoms. The van der Waals surface area contributed by atoms with Crippen molar-refractivity contribution in [3.05, 3.63) is 75.1 Å². The molecular weight excluding hydrogens is 382 g/mol. The van der Waals surface area contributed by atoms with Crippen molar-refractivity contribution in [1.82, 2.24) is 9.36 Å². The second-order valence-electron chi connectivity index (χ2n) is 5.60. The Balaban J connectivity index is 1.97. The monoisotopic (exact) mass is 399 g/mol. The van der Waals surface area contributed by atoms with Crippen LogP contribution in [0.3, 0.4) is 0 Å². The third kappa shape index (κ3) is 3.41. The summed E-state index contributed by atoms with van der Waals surface area (Å²) in [7, 11) is 3.58. The summed E-state index contributed by atoms with van der Waals surface area (Å²) in [6.45, 7) is 1.89. The summed E-state index contributed by atoms with van der Waals surface area (Å²) in [4.78, 5) is 12.9. The molecule has 25 heavy (non-hydrogen) atoms. The first kappa shape index (κ1) is 17.2. The van der Waals surface area contributed by atoms with Crippen LogP contribution in [0.4, 0.5) is 11.4 Å². The molecule has 0 aliphatic heterocycles. The van der Waals surface area contributed by atoms with Gasteiger partial charge >= 0.3 is 0 Å². The smallest absolute Gasteiger partial charge is 0.283 e. The zero-order chi connectivity index (χ0) is 18.0. The minimum absolute atomic E-state index is 0.136. The fourth-order valence-electron chi connectivity index (χ4n) is 2.60. The van der Waals surface area contributed by atoms with Crippen molar-refractivity contribution < 1.29 is 0 Å². The van der Waals surface area contributed by atoms with Crippen LogP contribution in [-0.4, -0.2) is 16.4 Å². The maximum atomic E-state index is 12.9. The number of nitrogens with zero attached hydrogens (tertiary/aromatic N) is 5. The van der Waals surface area contributed by atoms with Crippen LogP contribution >= 0.6 is 15.9 Å². The molecule has 7 heteroatoms. The van der Waals surface area contributed by atoms with Crippen molar-refractivity contribution in [3.63, 3.8) is 0 Å². The summed E-state index contributed by atoms with van der Waals surface area (Å²) >= 11 is 3.38. The highest BCUT2D eigenvalue weighted by atomic mass is 79.9. The Morgan fingerprint density at radius 1 is 1.04 bits per heavy atom. The van der Waals surface area contributed by atoms with Gasteiger partial charge in [-0.15, -0.1) is 5.11 Å². The third-order valence-corrected chi connectivity index (χ3v) is 4.50. The van der Waals surface area contributed by atoms with Gasteiger partial charge in [-0.25, -0.2) is 9.69 Å². The van der Waals surface area contributed by atoms with Crippen LogP contribution in [0.25, 0.3) is 5.69 Å². The lowest BCUT2D eigenvalue weighted by Gasteiger charge is -2.09. The highest BCUT2D eigenvalue weighted by Gasteiger charge is 2.19. The van der Waals surface area contributed by atoms with E-state index >= 15 is 0 Å². The van der Waals surface area contributed by atoms with Crippen molar-refractivity contribution in [2.24, 2.45) is 17.4 Å². The van der Waals surface area contributed by atoms with Gasteiger partial charge in [-0.05, 0) is 43.3 Å². The standard InChI is InChI=1S/C18H18BrN5O/c1-13-17(22(2)21-20-15-11-9-14(19)10-12-15)18(25)24(23(13)3)16-7-5-4-6-8-16/h4-12H,1-3H3. The molecule has 1 heterocycles. The quantitative estimate of drug-likeness (QED) is 0.482. The van der Waals surface area contributed by atoms with Crippen molar-refractivity contribution in [2.45, 2.75) is 6.92 Å². The molecule has 6 nitrogen and oxygen atoms in total. The van der Waals surface area contributed by atoms with Crippen molar-refractivity contribution >= 4 is 27.3 Å². The minimum atomic E-state index is -0.136. The lowest BCUT2D eigenvalue weighted by Crippen LogP contribution is -2.23. The largest absolute Gasteiger partial charge is 0.297 e. The average molecular weight is 400 g/mol. The van der Waals surface area contributed by atoms with Crippen LogP contribution in [0.2, 0.25) is 0 Å². The first-order valence-electron chi connectivity index (χ1n) is 7.74. The zero-order valence-electron chi connectivity index (χ0n) is 14.2. The molecule has 0 aliphatic carbocycles. The fourth-order valence-corrected chi connectivity index (χ4v) is 2.86. The Bertz CT molecular complexity index is 958. The Hall–Kier alpha value is -2.67. The highest BCUT2D eigenvalue weighted by molar-refractivity contribution is 9.10. The van der Waals surface area contributed by atoms with E-state index in [0.717, 1.165) is 15.9 Å². The van der Waals surface area contributed by atoms with E-state index in [1.807, 2.05) is 73.3 Å². The van der Waals surface area contributed by atoms with Gasteiger partial charge in [0.15, 0.2) is 0 Å². The van der Waals surface area contributed by atoms with Crippen LogP contribution in [0.15, 0.2) is 74.2 Å². The third-order valence-electron chi connectivity index (χ3n) is 3.97. The number of hydrogen-bond acceptors (Lipinski definition) is 3. The van der Waals surface area contributed by atoms with Crippen molar-refractivity contribution in [1.29, 1.82) is 0 Å². The SMILES string of the molecule is Cc1c(N(C)N=Nc2ccc(Br)cc2)c(=O)n(-c2ccccc2)n1C. The summed E-state index contributed by atoms with van der Waals surface area (Å²) in [5.41, 5.74) is 2.69. The van der Waals surface area contributed by atoms with E-state index in [4.69, 9.17) is 0 Å². The fraction of sp³-hybridized carbons (Fsp3) is 0.167. The average Bonchev–Trinajstić information content (AvgIpc) is 2.84. The molecule has 0 saturated carbocycles. The number of halogens is 1. The van der Waals surface area contributed by atoms with Gasteiger partial charge in [0, 0.05) is 18.6 Å². The number of para-hydroxylation sites is 1. The number of rotatable bonds is 4. The lowest BCUT2D eigenvalue weighted by molar-refractivity contribution is 0.630. The van der Waals surface area contributed by atoms with Gasteiger partial charge in [0.1, 0.15) is 5.69 Å². The molecule has 0 bridgehead atoms. The molecule has 0 amide bonds. The molecule has 0 fully saturated rings. The van der Waals surface area contributed by atoms with Crippen LogP contribution in [0.5, 0.6) is 0 Å². The van der Waals surface area contributed by atoms with E-state index in [2.05, 4.69) is 26.3 Å². The highest BCUT2D eigenvalue weighted by Crippen LogP contribution is 2.20. The normalized spacial score (nSPS) is 11.2. The minimum Gasteiger partial charge on any atom is -0.283 e. The van der Waals surface area contributed by atoms with Gasteiger partial charge < -0.3 is 0 Å². The predicted molar refractivity (Wildman–Crippen MR) is 103 cm³/mol. The van der Waals surface area contributed by atoms with Gasteiger partial charge in [0.05, 0.1) is 17.1 Å². The molecule has 2 aromatic carbocycles. The number of anilines is 1. The molecule has 3 aromatic rings. The van der Waals surface area contributed by atoms with E-state index in [-0.39, 0.29) is 5.56 Å². The van der Waals surface area contributed by atoms with E-state index in [1.54, 1.807) is 11.7 Å². The zero-order valence-corrected chi connectivity index (χ0v) is 15.8. The van der Waals surface area contributed by atoms with Crippen LogP contribution in [-0.2, 0) is 7.05 Å². The van der Waals surface area contributed by atoms with E-state index in [1.165, 1.54) is 5.01 Å². The molecule has 0 saturated heterocycles. The topological polar surface area (TPSA) is 54.9 Å². The Labute approximate surface area is 154 Å². The summed E-state index contributed by atoms with van der Waals surface area (Å²) < 4.78 is 4.42. The number of benzene rings is 2. The predicted octanol–water partition coefficient (Wildman–Crippen LogP) is 4.38. The molecule has 0 atom stereocenters. The number of aromatic nitrogens is 2. The van der Waals surface area contributed by atoms with Crippen LogP contribution in [0.1, 0.15) is 5.69 Å². The molecule has 0 unspecified atom stereocenters. The molecular formula is C18H18BrN5O. The van der Waals surface area contributed by atoms with Crippen molar-refractivity contribution in [2.75, 3.05) is 12.1 Å². The number of hydrogen-bond donors (Lipinski definition) is 0. The molecule has 3 rings (SSSR count). The first-order valence-corrected chi connectivity index (χ1v) is 8.53. The second-order valence-corrected chi connectivity index (χ2v) is 6.52. The van der Waals surface area contributed by atoms with Gasteiger partial charge in [0.2, 0.25) is 0 Å². The van der Waals surface area contributed by atoms with Gasteiger partial charge in [-0.2, -0.15) is 0 Å².